The van der Waals surface area contributed by atoms with E-state index in [2.05, 4.69) is 44.1 Å². The number of methoxy groups -OCH3 is 1. The zero-order chi connectivity index (χ0) is 15.9. The van der Waals surface area contributed by atoms with Crippen molar-refractivity contribution in [3.63, 3.8) is 0 Å². The maximum absolute atomic E-state index is 5.80. The molecule has 1 heterocycles. The molecule has 0 fully saturated rings. The van der Waals surface area contributed by atoms with Crippen molar-refractivity contribution in [2.45, 2.75) is 53.2 Å². The van der Waals surface area contributed by atoms with Gasteiger partial charge in [-0.2, -0.15) is 0 Å². The number of pyridine rings is 1. The summed E-state index contributed by atoms with van der Waals surface area (Å²) in [6, 6.07) is 2.16. The molecule has 0 bridgehead atoms. The van der Waals surface area contributed by atoms with Crippen LogP contribution >= 0.6 is 0 Å². The molecule has 0 amide bonds. The van der Waals surface area contributed by atoms with Crippen LogP contribution in [0, 0.1) is 5.41 Å². The number of nitrogens with one attached hydrogen (secondary N) is 1. The third kappa shape index (κ3) is 5.29. The van der Waals surface area contributed by atoms with Crippen LogP contribution in [0.25, 0.3) is 0 Å². The van der Waals surface area contributed by atoms with Gasteiger partial charge < -0.3 is 14.8 Å². The Morgan fingerprint density at radius 2 is 1.95 bits per heavy atom. The first-order chi connectivity index (χ1) is 9.93. The highest BCUT2D eigenvalue weighted by Crippen LogP contribution is 2.33. The van der Waals surface area contributed by atoms with Gasteiger partial charge in [0.2, 0.25) is 0 Å². The van der Waals surface area contributed by atoms with E-state index >= 15 is 0 Å². The minimum absolute atomic E-state index is 0.0295. The average Bonchev–Trinajstić information content (AvgIpc) is 2.42. The van der Waals surface area contributed by atoms with Gasteiger partial charge in [-0.25, -0.2) is 0 Å². The van der Waals surface area contributed by atoms with E-state index in [-0.39, 0.29) is 17.6 Å². The molecule has 1 aromatic rings. The minimum atomic E-state index is 0.0295. The highest BCUT2D eigenvalue weighted by molar-refractivity contribution is 5.27. The first-order valence-corrected chi connectivity index (χ1v) is 7.77. The molecule has 1 rings (SSSR count). The van der Waals surface area contributed by atoms with Gasteiger partial charge >= 0.3 is 0 Å². The molecule has 2 unspecified atom stereocenters. The van der Waals surface area contributed by atoms with Crippen molar-refractivity contribution in [1.82, 2.24) is 10.3 Å². The molecule has 0 saturated carbocycles. The van der Waals surface area contributed by atoms with Gasteiger partial charge in [0, 0.05) is 13.3 Å². The van der Waals surface area contributed by atoms with Crippen molar-refractivity contribution in [3.8, 4) is 5.75 Å². The molecule has 1 N–H and O–H groups in total. The Balaban J connectivity index is 3.08. The molecule has 1 aromatic heterocycles. The molecule has 2 atom stereocenters. The lowest BCUT2D eigenvalue weighted by Crippen LogP contribution is -2.41. The van der Waals surface area contributed by atoms with Crippen LogP contribution in [-0.2, 0) is 4.74 Å². The molecular weight excluding hydrogens is 264 g/mol. The molecule has 0 saturated heterocycles. The first kappa shape index (κ1) is 17.9. The van der Waals surface area contributed by atoms with E-state index in [0.29, 0.717) is 6.61 Å². The zero-order valence-corrected chi connectivity index (χ0v) is 14.3. The highest BCUT2D eigenvalue weighted by atomic mass is 16.5. The molecule has 0 spiro atoms. The topological polar surface area (TPSA) is 43.4 Å². The second-order valence-electron chi connectivity index (χ2n) is 6.34. The quantitative estimate of drug-likeness (QED) is 0.796. The fraction of sp³-hybridized carbons (Fsp3) is 0.706. The van der Waals surface area contributed by atoms with E-state index in [4.69, 9.17) is 9.47 Å². The number of hydrogen-bond acceptors (Lipinski definition) is 4. The largest absolute Gasteiger partial charge is 0.492 e. The Hall–Kier alpha value is -1.13. The predicted molar refractivity (Wildman–Crippen MR) is 86.7 cm³/mol. The average molecular weight is 294 g/mol. The van der Waals surface area contributed by atoms with E-state index in [1.54, 1.807) is 13.3 Å². The van der Waals surface area contributed by atoms with Gasteiger partial charge in [0.05, 0.1) is 24.9 Å². The Labute approximate surface area is 129 Å². The summed E-state index contributed by atoms with van der Waals surface area (Å²) in [5, 5.41) is 3.59. The number of hydrogen-bond donors (Lipinski definition) is 1. The van der Waals surface area contributed by atoms with Crippen LogP contribution in [0.1, 0.15) is 52.6 Å². The van der Waals surface area contributed by atoms with Gasteiger partial charge in [-0.05, 0) is 36.9 Å². The second kappa shape index (κ2) is 8.35. The molecule has 21 heavy (non-hydrogen) atoms. The van der Waals surface area contributed by atoms with Crippen molar-refractivity contribution < 1.29 is 9.47 Å². The zero-order valence-electron chi connectivity index (χ0n) is 14.3. The summed E-state index contributed by atoms with van der Waals surface area (Å²) in [7, 11) is 1.77. The van der Waals surface area contributed by atoms with E-state index in [0.717, 1.165) is 24.3 Å². The Kier molecular flexibility index (Phi) is 7.12. The van der Waals surface area contributed by atoms with E-state index in [1.165, 1.54) is 0 Å². The standard InChI is InChI=1S/C17H30N2O2/c1-7-9-19-15(16(20-6)17(3,4)5)13-10-14(21-8-2)12-18-11-13/h10-12,15-16,19H,7-9H2,1-6H3. The summed E-state index contributed by atoms with van der Waals surface area (Å²) < 4.78 is 11.4. The van der Waals surface area contributed by atoms with Crippen molar-refractivity contribution in [2.75, 3.05) is 20.3 Å². The van der Waals surface area contributed by atoms with Crippen molar-refractivity contribution >= 4 is 0 Å². The summed E-state index contributed by atoms with van der Waals surface area (Å²) in [6.45, 7) is 12.3. The van der Waals surface area contributed by atoms with E-state index in [9.17, 15) is 0 Å². The fourth-order valence-electron chi connectivity index (χ4n) is 2.54. The molecule has 4 heteroatoms. The lowest BCUT2D eigenvalue weighted by Gasteiger charge is -2.36. The first-order valence-electron chi connectivity index (χ1n) is 7.77. The van der Waals surface area contributed by atoms with E-state index < -0.39 is 0 Å². The maximum atomic E-state index is 5.80. The van der Waals surface area contributed by atoms with Crippen molar-refractivity contribution in [2.24, 2.45) is 5.41 Å². The number of ether oxygens (including phenoxy) is 2. The normalized spacial score (nSPS) is 14.8. The van der Waals surface area contributed by atoms with Crippen LogP contribution in [-0.4, -0.2) is 31.3 Å². The molecule has 0 radical (unpaired) electrons. The smallest absolute Gasteiger partial charge is 0.137 e. The van der Waals surface area contributed by atoms with Gasteiger partial charge in [-0.3, -0.25) is 4.98 Å². The van der Waals surface area contributed by atoms with Crippen LogP contribution in [0.5, 0.6) is 5.75 Å². The van der Waals surface area contributed by atoms with Crippen LogP contribution < -0.4 is 10.1 Å². The lowest BCUT2D eigenvalue weighted by atomic mass is 9.82. The summed E-state index contributed by atoms with van der Waals surface area (Å²) in [4.78, 5) is 4.31. The number of nitrogens with zero attached hydrogens (tertiary/aromatic N) is 1. The van der Waals surface area contributed by atoms with Crippen LogP contribution in [0.15, 0.2) is 18.5 Å². The van der Waals surface area contributed by atoms with Gasteiger partial charge in [-0.1, -0.05) is 27.7 Å². The molecular formula is C17H30N2O2. The summed E-state index contributed by atoms with van der Waals surface area (Å²) in [5.41, 5.74) is 1.14. The third-order valence-corrected chi connectivity index (χ3v) is 3.43. The molecule has 0 aliphatic carbocycles. The summed E-state index contributed by atoms with van der Waals surface area (Å²) in [6.07, 6.45) is 4.79. The number of aromatic nitrogens is 1. The Morgan fingerprint density at radius 1 is 1.24 bits per heavy atom. The summed E-state index contributed by atoms with van der Waals surface area (Å²) in [5.74, 6) is 0.807. The predicted octanol–water partition coefficient (Wildman–Crippen LogP) is 3.58. The van der Waals surface area contributed by atoms with Gasteiger partial charge in [0.1, 0.15) is 5.75 Å². The molecule has 0 aliphatic heterocycles. The van der Waals surface area contributed by atoms with Gasteiger partial charge in [0.25, 0.3) is 0 Å². The molecule has 4 nitrogen and oxygen atoms in total. The van der Waals surface area contributed by atoms with E-state index in [1.807, 2.05) is 13.1 Å². The minimum Gasteiger partial charge on any atom is -0.492 e. The lowest BCUT2D eigenvalue weighted by molar-refractivity contribution is -0.0120. The third-order valence-electron chi connectivity index (χ3n) is 3.43. The van der Waals surface area contributed by atoms with Crippen molar-refractivity contribution in [1.29, 1.82) is 0 Å². The highest BCUT2D eigenvalue weighted by Gasteiger charge is 2.33. The summed E-state index contributed by atoms with van der Waals surface area (Å²) >= 11 is 0. The molecule has 120 valence electrons. The Bertz CT molecular complexity index is 415. The van der Waals surface area contributed by atoms with Gasteiger partial charge in [0.15, 0.2) is 0 Å². The van der Waals surface area contributed by atoms with Gasteiger partial charge in [-0.15, -0.1) is 0 Å². The maximum Gasteiger partial charge on any atom is 0.137 e. The monoisotopic (exact) mass is 294 g/mol. The molecule has 0 aromatic carbocycles. The fourth-order valence-corrected chi connectivity index (χ4v) is 2.54. The SMILES string of the molecule is CCCNC(c1cncc(OCC)c1)C(OC)C(C)(C)C. The van der Waals surface area contributed by atoms with Crippen molar-refractivity contribution in [3.05, 3.63) is 24.0 Å². The second-order valence-corrected chi connectivity index (χ2v) is 6.34. The molecule has 0 aliphatic rings. The van der Waals surface area contributed by atoms with Crippen LogP contribution in [0.4, 0.5) is 0 Å². The number of rotatable bonds is 8. The van der Waals surface area contributed by atoms with Crippen LogP contribution in [0.3, 0.4) is 0 Å². The van der Waals surface area contributed by atoms with Crippen LogP contribution in [0.2, 0.25) is 0 Å². The Morgan fingerprint density at radius 3 is 2.48 bits per heavy atom.